The van der Waals surface area contributed by atoms with Crippen LogP contribution in [0.15, 0.2) is 36.4 Å². The Hall–Kier alpha value is -1.67. The van der Waals surface area contributed by atoms with E-state index in [1.54, 1.807) is 12.1 Å². The number of halogens is 1. The van der Waals surface area contributed by atoms with E-state index in [-0.39, 0.29) is 5.82 Å². The maximum atomic E-state index is 13.3. The third-order valence-corrected chi connectivity index (χ3v) is 5.04. The van der Waals surface area contributed by atoms with Crippen molar-refractivity contribution in [1.82, 2.24) is 0 Å². The van der Waals surface area contributed by atoms with E-state index in [2.05, 4.69) is 18.2 Å². The Morgan fingerprint density at radius 1 is 0.952 bits per heavy atom. The first-order valence-electron chi connectivity index (χ1n) is 7.76. The molecule has 1 nitrogen and oxygen atoms in total. The molecule has 0 fully saturated rings. The van der Waals surface area contributed by atoms with Gasteiger partial charge in [0.1, 0.15) is 5.82 Å². The van der Waals surface area contributed by atoms with E-state index in [0.717, 1.165) is 24.0 Å². The van der Waals surface area contributed by atoms with Crippen LogP contribution in [0.3, 0.4) is 0 Å². The Bertz CT molecular complexity index is 707. The van der Waals surface area contributed by atoms with Gasteiger partial charge in [-0.05, 0) is 72.1 Å². The molecule has 0 saturated carbocycles. The first kappa shape index (κ1) is 13.0. The molecule has 2 heteroatoms. The lowest BCUT2D eigenvalue weighted by Crippen LogP contribution is -2.25. The van der Waals surface area contributed by atoms with Crippen LogP contribution in [0, 0.1) is 5.82 Å². The fourth-order valence-electron chi connectivity index (χ4n) is 3.96. The van der Waals surface area contributed by atoms with Crippen LogP contribution in [0.5, 0.6) is 0 Å². The molecule has 2 aliphatic carbocycles. The standard InChI is InChI=1S/C19H19FO/c20-17-6-7-18-16(11-17)8-9-19(18,21)12-13-4-5-14-2-1-3-15(14)10-13/h4-7,10-11,21H,1-3,8-9,12H2. The average Bonchev–Trinajstić information content (AvgIpc) is 3.04. The Balaban J connectivity index is 1.66. The molecule has 1 N–H and O–H groups in total. The molecule has 0 bridgehead atoms. The van der Waals surface area contributed by atoms with Crippen LogP contribution in [0.1, 0.15) is 40.7 Å². The Kier molecular flexibility index (Phi) is 2.90. The molecule has 0 amide bonds. The van der Waals surface area contributed by atoms with Crippen molar-refractivity contribution >= 4 is 0 Å². The third-order valence-electron chi connectivity index (χ3n) is 5.04. The SMILES string of the molecule is OC1(Cc2ccc3c(c2)CCC3)CCc2cc(F)ccc21. The van der Waals surface area contributed by atoms with Gasteiger partial charge in [-0.2, -0.15) is 0 Å². The zero-order valence-electron chi connectivity index (χ0n) is 12.0. The van der Waals surface area contributed by atoms with E-state index in [0.29, 0.717) is 12.8 Å². The number of aryl methyl sites for hydroxylation is 3. The molecule has 0 radical (unpaired) electrons. The molecule has 0 saturated heterocycles. The summed E-state index contributed by atoms with van der Waals surface area (Å²) in [5.41, 5.74) is 5.11. The van der Waals surface area contributed by atoms with Gasteiger partial charge in [0.05, 0.1) is 5.60 Å². The summed E-state index contributed by atoms with van der Waals surface area (Å²) in [4.78, 5) is 0. The van der Waals surface area contributed by atoms with Crippen LogP contribution in [0.2, 0.25) is 0 Å². The third kappa shape index (κ3) is 2.18. The monoisotopic (exact) mass is 282 g/mol. The van der Waals surface area contributed by atoms with Gasteiger partial charge in [0.2, 0.25) is 0 Å². The number of aliphatic hydroxyl groups is 1. The second-order valence-corrected chi connectivity index (χ2v) is 6.47. The zero-order chi connectivity index (χ0) is 14.4. The van der Waals surface area contributed by atoms with Crippen molar-refractivity contribution in [3.8, 4) is 0 Å². The lowest BCUT2D eigenvalue weighted by molar-refractivity contribution is 0.0389. The molecular formula is C19H19FO. The minimum absolute atomic E-state index is 0.212. The molecular weight excluding hydrogens is 263 g/mol. The quantitative estimate of drug-likeness (QED) is 0.890. The van der Waals surface area contributed by atoms with E-state index in [1.165, 1.54) is 35.6 Å². The highest BCUT2D eigenvalue weighted by Gasteiger charge is 2.37. The van der Waals surface area contributed by atoms with Crippen molar-refractivity contribution in [1.29, 1.82) is 0 Å². The lowest BCUT2D eigenvalue weighted by Gasteiger charge is -2.24. The highest BCUT2D eigenvalue weighted by Crippen LogP contribution is 2.40. The number of hydrogen-bond acceptors (Lipinski definition) is 1. The highest BCUT2D eigenvalue weighted by molar-refractivity contribution is 5.41. The van der Waals surface area contributed by atoms with Crippen molar-refractivity contribution in [2.75, 3.05) is 0 Å². The first-order valence-corrected chi connectivity index (χ1v) is 7.76. The van der Waals surface area contributed by atoms with Gasteiger partial charge in [0.25, 0.3) is 0 Å². The van der Waals surface area contributed by atoms with Crippen molar-refractivity contribution in [2.24, 2.45) is 0 Å². The largest absolute Gasteiger partial charge is 0.385 e. The Morgan fingerprint density at radius 3 is 2.71 bits per heavy atom. The molecule has 1 atom stereocenters. The molecule has 2 aliphatic rings. The minimum Gasteiger partial charge on any atom is -0.385 e. The fourth-order valence-corrected chi connectivity index (χ4v) is 3.96. The van der Waals surface area contributed by atoms with Crippen LogP contribution in [-0.2, 0) is 31.3 Å². The first-order chi connectivity index (χ1) is 10.1. The van der Waals surface area contributed by atoms with Crippen LogP contribution in [0.4, 0.5) is 4.39 Å². The van der Waals surface area contributed by atoms with E-state index in [1.807, 2.05) is 0 Å². The molecule has 0 aromatic heterocycles. The summed E-state index contributed by atoms with van der Waals surface area (Å²) < 4.78 is 13.3. The summed E-state index contributed by atoms with van der Waals surface area (Å²) >= 11 is 0. The van der Waals surface area contributed by atoms with Crippen molar-refractivity contribution in [3.63, 3.8) is 0 Å². The molecule has 1 unspecified atom stereocenters. The summed E-state index contributed by atoms with van der Waals surface area (Å²) in [7, 11) is 0. The van der Waals surface area contributed by atoms with Gasteiger partial charge in [0, 0.05) is 6.42 Å². The maximum Gasteiger partial charge on any atom is 0.123 e. The highest BCUT2D eigenvalue weighted by atomic mass is 19.1. The summed E-state index contributed by atoms with van der Waals surface area (Å²) in [5, 5.41) is 11.0. The number of hydrogen-bond donors (Lipinski definition) is 1. The number of benzene rings is 2. The Morgan fingerprint density at radius 2 is 1.81 bits per heavy atom. The van der Waals surface area contributed by atoms with Gasteiger partial charge in [-0.15, -0.1) is 0 Å². The summed E-state index contributed by atoms with van der Waals surface area (Å²) in [5.74, 6) is -0.212. The average molecular weight is 282 g/mol. The van der Waals surface area contributed by atoms with Crippen molar-refractivity contribution < 1.29 is 9.50 Å². The summed E-state index contributed by atoms with van der Waals surface area (Å²) in [6, 6.07) is 11.4. The summed E-state index contributed by atoms with van der Waals surface area (Å²) in [6.07, 6.45) is 5.65. The summed E-state index contributed by atoms with van der Waals surface area (Å²) in [6.45, 7) is 0. The molecule has 108 valence electrons. The van der Waals surface area contributed by atoms with Crippen molar-refractivity contribution in [2.45, 2.75) is 44.1 Å². The topological polar surface area (TPSA) is 20.2 Å². The van der Waals surface area contributed by atoms with E-state index in [4.69, 9.17) is 0 Å². The van der Waals surface area contributed by atoms with Crippen LogP contribution >= 0.6 is 0 Å². The maximum absolute atomic E-state index is 13.3. The predicted octanol–water partition coefficient (Wildman–Crippen LogP) is 3.69. The van der Waals surface area contributed by atoms with Crippen LogP contribution < -0.4 is 0 Å². The molecule has 0 aliphatic heterocycles. The van der Waals surface area contributed by atoms with Crippen LogP contribution in [0.25, 0.3) is 0 Å². The second kappa shape index (κ2) is 4.67. The van der Waals surface area contributed by atoms with Gasteiger partial charge in [-0.25, -0.2) is 4.39 Å². The molecule has 2 aromatic carbocycles. The van der Waals surface area contributed by atoms with Crippen molar-refractivity contribution in [3.05, 3.63) is 70.0 Å². The minimum atomic E-state index is -0.837. The smallest absolute Gasteiger partial charge is 0.123 e. The Labute approximate surface area is 124 Å². The van der Waals surface area contributed by atoms with Gasteiger partial charge < -0.3 is 5.11 Å². The normalized spacial score (nSPS) is 23.1. The van der Waals surface area contributed by atoms with Gasteiger partial charge >= 0.3 is 0 Å². The van der Waals surface area contributed by atoms with Gasteiger partial charge in [-0.3, -0.25) is 0 Å². The van der Waals surface area contributed by atoms with E-state index < -0.39 is 5.60 Å². The predicted molar refractivity (Wildman–Crippen MR) is 80.8 cm³/mol. The fraction of sp³-hybridized carbons (Fsp3) is 0.368. The lowest BCUT2D eigenvalue weighted by atomic mass is 9.88. The van der Waals surface area contributed by atoms with E-state index in [9.17, 15) is 9.50 Å². The van der Waals surface area contributed by atoms with Gasteiger partial charge in [-0.1, -0.05) is 24.3 Å². The zero-order valence-corrected chi connectivity index (χ0v) is 12.0. The molecule has 0 heterocycles. The van der Waals surface area contributed by atoms with E-state index >= 15 is 0 Å². The molecule has 21 heavy (non-hydrogen) atoms. The molecule has 4 rings (SSSR count). The molecule has 0 spiro atoms. The molecule has 2 aromatic rings. The van der Waals surface area contributed by atoms with Gasteiger partial charge in [0.15, 0.2) is 0 Å². The number of rotatable bonds is 2. The number of fused-ring (bicyclic) bond motifs is 2. The van der Waals surface area contributed by atoms with Crippen LogP contribution in [-0.4, -0.2) is 5.11 Å². The second-order valence-electron chi connectivity index (χ2n) is 6.47.